The van der Waals surface area contributed by atoms with E-state index in [0.717, 1.165) is 19.4 Å². The number of ether oxygens (including phenoxy) is 2. The predicted molar refractivity (Wildman–Crippen MR) is 65.8 cm³/mol. The van der Waals surface area contributed by atoms with Crippen LogP contribution in [0.15, 0.2) is 0 Å². The van der Waals surface area contributed by atoms with Gasteiger partial charge in [-0.05, 0) is 33.6 Å². The van der Waals surface area contributed by atoms with Gasteiger partial charge >= 0.3 is 6.09 Å². The SMILES string of the molecule is CC(C)(C)OC(=O)N1CCC[C@@H]1COCCN. The summed E-state index contributed by atoms with van der Waals surface area (Å²) in [5.74, 6) is 0. The van der Waals surface area contributed by atoms with Crippen LogP contribution in [0.1, 0.15) is 33.6 Å². The first-order chi connectivity index (χ1) is 7.94. The van der Waals surface area contributed by atoms with Gasteiger partial charge in [-0.25, -0.2) is 4.79 Å². The van der Waals surface area contributed by atoms with Crippen molar-refractivity contribution < 1.29 is 14.3 Å². The van der Waals surface area contributed by atoms with Crippen LogP contribution in [0.25, 0.3) is 0 Å². The highest BCUT2D eigenvalue weighted by molar-refractivity contribution is 5.68. The molecule has 0 aromatic rings. The maximum atomic E-state index is 11.9. The second kappa shape index (κ2) is 6.21. The van der Waals surface area contributed by atoms with Crippen LogP contribution in [0.5, 0.6) is 0 Å². The molecule has 1 heterocycles. The second-order valence-electron chi connectivity index (χ2n) is 5.33. The number of hydrogen-bond acceptors (Lipinski definition) is 4. The van der Waals surface area contributed by atoms with E-state index in [-0.39, 0.29) is 12.1 Å². The molecule has 1 aliphatic heterocycles. The summed E-state index contributed by atoms with van der Waals surface area (Å²) in [6.45, 7) is 7.99. The molecule has 0 spiro atoms. The molecule has 0 bridgehead atoms. The monoisotopic (exact) mass is 244 g/mol. The standard InChI is InChI=1S/C12H24N2O3/c1-12(2,3)17-11(15)14-7-4-5-10(14)9-16-8-6-13/h10H,4-9,13H2,1-3H3/t10-/m1/s1. The Labute approximate surface area is 103 Å². The molecular weight excluding hydrogens is 220 g/mol. The minimum atomic E-state index is -0.442. The van der Waals surface area contributed by atoms with Crippen molar-refractivity contribution in [3.63, 3.8) is 0 Å². The normalized spacial score (nSPS) is 20.7. The Hall–Kier alpha value is -0.810. The highest BCUT2D eigenvalue weighted by Crippen LogP contribution is 2.20. The van der Waals surface area contributed by atoms with E-state index in [4.69, 9.17) is 15.2 Å². The maximum absolute atomic E-state index is 11.9. The van der Waals surface area contributed by atoms with Gasteiger partial charge in [0.2, 0.25) is 0 Å². The third-order valence-electron chi connectivity index (χ3n) is 2.58. The van der Waals surface area contributed by atoms with Gasteiger partial charge in [0.15, 0.2) is 0 Å². The van der Waals surface area contributed by atoms with Gasteiger partial charge in [0, 0.05) is 13.1 Å². The third-order valence-corrected chi connectivity index (χ3v) is 2.58. The molecule has 1 aliphatic rings. The average Bonchev–Trinajstić information content (AvgIpc) is 2.64. The van der Waals surface area contributed by atoms with E-state index < -0.39 is 5.60 Å². The highest BCUT2D eigenvalue weighted by atomic mass is 16.6. The van der Waals surface area contributed by atoms with Crippen LogP contribution in [0.4, 0.5) is 4.79 Å². The van der Waals surface area contributed by atoms with Crippen molar-refractivity contribution >= 4 is 6.09 Å². The fourth-order valence-electron chi connectivity index (χ4n) is 1.87. The molecule has 1 rings (SSSR count). The van der Waals surface area contributed by atoms with Crippen LogP contribution in [0, 0.1) is 0 Å². The smallest absolute Gasteiger partial charge is 0.410 e. The molecule has 5 nitrogen and oxygen atoms in total. The number of rotatable bonds is 4. The van der Waals surface area contributed by atoms with Crippen LogP contribution in [0.2, 0.25) is 0 Å². The van der Waals surface area contributed by atoms with Crippen molar-refractivity contribution in [2.24, 2.45) is 5.73 Å². The van der Waals surface area contributed by atoms with Crippen LogP contribution < -0.4 is 5.73 Å². The number of nitrogens with zero attached hydrogens (tertiary/aromatic N) is 1. The summed E-state index contributed by atoms with van der Waals surface area (Å²) >= 11 is 0. The first-order valence-corrected chi connectivity index (χ1v) is 6.21. The van der Waals surface area contributed by atoms with E-state index in [2.05, 4.69) is 0 Å². The minimum Gasteiger partial charge on any atom is -0.444 e. The Bertz CT molecular complexity index is 251. The van der Waals surface area contributed by atoms with E-state index >= 15 is 0 Å². The number of carbonyl (C=O) groups excluding carboxylic acids is 1. The summed E-state index contributed by atoms with van der Waals surface area (Å²) < 4.78 is 10.8. The average molecular weight is 244 g/mol. The lowest BCUT2D eigenvalue weighted by Crippen LogP contribution is -2.41. The first kappa shape index (κ1) is 14.3. The zero-order chi connectivity index (χ0) is 12.9. The lowest BCUT2D eigenvalue weighted by atomic mass is 10.2. The van der Waals surface area contributed by atoms with Gasteiger partial charge in [0.1, 0.15) is 5.60 Å². The fourth-order valence-corrected chi connectivity index (χ4v) is 1.87. The van der Waals surface area contributed by atoms with Crippen molar-refractivity contribution in [3.8, 4) is 0 Å². The van der Waals surface area contributed by atoms with Crippen molar-refractivity contribution in [1.82, 2.24) is 4.90 Å². The zero-order valence-corrected chi connectivity index (χ0v) is 11.1. The molecule has 1 atom stereocenters. The van der Waals surface area contributed by atoms with Crippen LogP contribution in [0.3, 0.4) is 0 Å². The summed E-state index contributed by atoms with van der Waals surface area (Å²) in [5, 5.41) is 0. The third kappa shape index (κ3) is 4.91. The summed E-state index contributed by atoms with van der Waals surface area (Å²) in [6.07, 6.45) is 1.75. The van der Waals surface area contributed by atoms with Crippen molar-refractivity contribution in [2.45, 2.75) is 45.3 Å². The quantitative estimate of drug-likeness (QED) is 0.758. The van der Waals surface area contributed by atoms with Crippen LogP contribution in [-0.4, -0.2) is 48.9 Å². The Morgan fingerprint density at radius 2 is 2.18 bits per heavy atom. The highest BCUT2D eigenvalue weighted by Gasteiger charge is 2.32. The molecule has 1 saturated heterocycles. The number of likely N-dealkylation sites (tertiary alicyclic amines) is 1. The van der Waals surface area contributed by atoms with Gasteiger partial charge in [-0.2, -0.15) is 0 Å². The molecular formula is C12H24N2O3. The zero-order valence-electron chi connectivity index (χ0n) is 11.1. The van der Waals surface area contributed by atoms with E-state index in [9.17, 15) is 4.79 Å². The molecule has 0 aromatic heterocycles. The first-order valence-electron chi connectivity index (χ1n) is 6.21. The van der Waals surface area contributed by atoms with Crippen molar-refractivity contribution in [3.05, 3.63) is 0 Å². The van der Waals surface area contributed by atoms with Gasteiger partial charge < -0.3 is 20.1 Å². The predicted octanol–water partition coefficient (Wildman–Crippen LogP) is 1.36. The minimum absolute atomic E-state index is 0.136. The lowest BCUT2D eigenvalue weighted by Gasteiger charge is -2.28. The summed E-state index contributed by atoms with van der Waals surface area (Å²) in [5.41, 5.74) is 4.92. The number of nitrogens with two attached hydrogens (primary N) is 1. The number of amides is 1. The Morgan fingerprint density at radius 1 is 1.47 bits per heavy atom. The van der Waals surface area contributed by atoms with Crippen LogP contribution >= 0.6 is 0 Å². The molecule has 2 N–H and O–H groups in total. The lowest BCUT2D eigenvalue weighted by molar-refractivity contribution is 0.0113. The van der Waals surface area contributed by atoms with Gasteiger partial charge in [0.25, 0.3) is 0 Å². The van der Waals surface area contributed by atoms with Gasteiger partial charge in [0.05, 0.1) is 19.3 Å². The van der Waals surface area contributed by atoms with Crippen LogP contribution in [-0.2, 0) is 9.47 Å². The molecule has 0 radical (unpaired) electrons. The Balaban J connectivity index is 2.42. The summed E-state index contributed by atoms with van der Waals surface area (Å²) in [4.78, 5) is 13.7. The van der Waals surface area contributed by atoms with E-state index in [0.29, 0.717) is 19.8 Å². The summed E-state index contributed by atoms with van der Waals surface area (Å²) in [6, 6.07) is 0.136. The van der Waals surface area contributed by atoms with E-state index in [1.165, 1.54) is 0 Å². The van der Waals surface area contributed by atoms with E-state index in [1.54, 1.807) is 4.90 Å². The molecule has 17 heavy (non-hydrogen) atoms. The van der Waals surface area contributed by atoms with Crippen molar-refractivity contribution in [1.29, 1.82) is 0 Å². The Morgan fingerprint density at radius 3 is 2.76 bits per heavy atom. The number of carbonyl (C=O) groups is 1. The molecule has 0 aromatic carbocycles. The van der Waals surface area contributed by atoms with Crippen molar-refractivity contribution in [2.75, 3.05) is 26.3 Å². The topological polar surface area (TPSA) is 64.8 Å². The number of hydrogen-bond donors (Lipinski definition) is 1. The van der Waals surface area contributed by atoms with E-state index in [1.807, 2.05) is 20.8 Å². The molecule has 0 saturated carbocycles. The largest absolute Gasteiger partial charge is 0.444 e. The molecule has 100 valence electrons. The molecule has 0 aliphatic carbocycles. The maximum Gasteiger partial charge on any atom is 0.410 e. The second-order valence-corrected chi connectivity index (χ2v) is 5.33. The molecule has 1 amide bonds. The Kier molecular flexibility index (Phi) is 5.21. The van der Waals surface area contributed by atoms with Gasteiger partial charge in [-0.3, -0.25) is 0 Å². The van der Waals surface area contributed by atoms with Gasteiger partial charge in [-0.15, -0.1) is 0 Å². The fraction of sp³-hybridized carbons (Fsp3) is 0.917. The molecule has 0 unspecified atom stereocenters. The molecule has 1 fully saturated rings. The summed E-state index contributed by atoms with van der Waals surface area (Å²) in [7, 11) is 0. The molecule has 5 heteroatoms. The van der Waals surface area contributed by atoms with Gasteiger partial charge in [-0.1, -0.05) is 0 Å².